The lowest BCUT2D eigenvalue weighted by molar-refractivity contribution is -0.122. The highest BCUT2D eigenvalue weighted by atomic mass is 16.5. The summed E-state index contributed by atoms with van der Waals surface area (Å²) < 4.78 is 6.96. The van der Waals surface area contributed by atoms with Gasteiger partial charge in [0, 0.05) is 12.6 Å². The summed E-state index contributed by atoms with van der Waals surface area (Å²) in [5.41, 5.74) is 6.59. The van der Waals surface area contributed by atoms with E-state index in [0.717, 1.165) is 11.3 Å². The summed E-state index contributed by atoms with van der Waals surface area (Å²) in [5, 5.41) is 6.65. The highest BCUT2D eigenvalue weighted by Crippen LogP contribution is 2.28. The summed E-state index contributed by atoms with van der Waals surface area (Å²) >= 11 is 0. The Kier molecular flexibility index (Phi) is 3.31. The molecule has 1 atom stereocenters. The predicted molar refractivity (Wildman–Crippen MR) is 74.6 cm³/mol. The van der Waals surface area contributed by atoms with Crippen LogP contribution in [0.4, 0.5) is 5.69 Å². The molecule has 2 heterocycles. The van der Waals surface area contributed by atoms with Crippen molar-refractivity contribution in [3.05, 3.63) is 42.2 Å². The van der Waals surface area contributed by atoms with Gasteiger partial charge in [-0.1, -0.05) is 18.2 Å². The molecule has 108 valence electrons. The van der Waals surface area contributed by atoms with E-state index < -0.39 is 12.0 Å². The number of nitrogens with two attached hydrogens (primary N) is 1. The van der Waals surface area contributed by atoms with Crippen molar-refractivity contribution < 1.29 is 14.3 Å². The zero-order chi connectivity index (χ0) is 14.8. The Morgan fingerprint density at radius 2 is 2.24 bits per heavy atom. The fourth-order valence-electron chi connectivity index (χ4n) is 2.23. The van der Waals surface area contributed by atoms with Gasteiger partial charge in [0.05, 0.1) is 11.9 Å². The SMILES string of the molecule is NC(=O)Cn1cc(NC(=O)C2Cc3ccccc3O2)cn1. The Bertz CT molecular complexity index is 670. The maximum Gasteiger partial charge on any atom is 0.265 e. The second-order valence-corrected chi connectivity index (χ2v) is 4.80. The first-order valence-electron chi connectivity index (χ1n) is 6.48. The molecule has 1 aliphatic rings. The van der Waals surface area contributed by atoms with Crippen LogP contribution < -0.4 is 15.8 Å². The van der Waals surface area contributed by atoms with E-state index in [2.05, 4.69) is 10.4 Å². The number of anilines is 1. The maximum atomic E-state index is 12.1. The zero-order valence-corrected chi connectivity index (χ0v) is 11.2. The highest BCUT2D eigenvalue weighted by molar-refractivity contribution is 5.94. The Morgan fingerprint density at radius 3 is 3.00 bits per heavy atom. The Balaban J connectivity index is 1.63. The van der Waals surface area contributed by atoms with E-state index in [9.17, 15) is 9.59 Å². The van der Waals surface area contributed by atoms with E-state index in [-0.39, 0.29) is 12.5 Å². The van der Waals surface area contributed by atoms with Crippen LogP contribution in [0.5, 0.6) is 5.75 Å². The molecule has 1 aromatic heterocycles. The predicted octanol–water partition coefficient (Wildman–Crippen LogP) is 0.311. The van der Waals surface area contributed by atoms with Gasteiger partial charge in [0.2, 0.25) is 5.91 Å². The van der Waals surface area contributed by atoms with Crippen LogP contribution in [0.25, 0.3) is 0 Å². The smallest absolute Gasteiger partial charge is 0.265 e. The molecule has 2 amide bonds. The summed E-state index contributed by atoms with van der Waals surface area (Å²) in [6.45, 7) is -0.0265. The van der Waals surface area contributed by atoms with Gasteiger partial charge in [-0.15, -0.1) is 0 Å². The van der Waals surface area contributed by atoms with Crippen molar-refractivity contribution in [1.82, 2.24) is 9.78 Å². The quantitative estimate of drug-likeness (QED) is 0.845. The van der Waals surface area contributed by atoms with Crippen molar-refractivity contribution in [3.8, 4) is 5.75 Å². The standard InChI is InChI=1S/C14H14N4O3/c15-13(19)8-18-7-10(6-16-18)17-14(20)12-5-9-3-1-2-4-11(9)21-12/h1-4,6-7,12H,5,8H2,(H2,15,19)(H,17,20). The van der Waals surface area contributed by atoms with Crippen LogP contribution in [0.1, 0.15) is 5.56 Å². The van der Waals surface area contributed by atoms with E-state index in [1.165, 1.54) is 10.9 Å². The fourth-order valence-corrected chi connectivity index (χ4v) is 2.23. The first-order chi connectivity index (χ1) is 10.1. The third-order valence-electron chi connectivity index (χ3n) is 3.16. The van der Waals surface area contributed by atoms with E-state index in [0.29, 0.717) is 12.1 Å². The van der Waals surface area contributed by atoms with Gasteiger partial charge < -0.3 is 15.8 Å². The second kappa shape index (κ2) is 5.28. The third-order valence-corrected chi connectivity index (χ3v) is 3.16. The number of nitrogens with zero attached hydrogens (tertiary/aromatic N) is 2. The Morgan fingerprint density at radius 1 is 1.43 bits per heavy atom. The molecule has 7 nitrogen and oxygen atoms in total. The number of ether oxygens (including phenoxy) is 1. The number of carbonyl (C=O) groups excluding carboxylic acids is 2. The van der Waals surface area contributed by atoms with Crippen LogP contribution in [0, 0.1) is 0 Å². The van der Waals surface area contributed by atoms with Crippen molar-refractivity contribution >= 4 is 17.5 Å². The minimum atomic E-state index is -0.554. The van der Waals surface area contributed by atoms with Crippen LogP contribution in [0.2, 0.25) is 0 Å². The van der Waals surface area contributed by atoms with Gasteiger partial charge in [0.1, 0.15) is 12.3 Å². The first kappa shape index (κ1) is 13.2. The molecule has 0 aliphatic carbocycles. The van der Waals surface area contributed by atoms with E-state index in [4.69, 9.17) is 10.5 Å². The molecular weight excluding hydrogens is 272 g/mol. The number of amides is 2. The molecular formula is C14H14N4O3. The molecule has 0 radical (unpaired) electrons. The first-order valence-corrected chi connectivity index (χ1v) is 6.48. The topological polar surface area (TPSA) is 99.2 Å². The lowest BCUT2D eigenvalue weighted by atomic mass is 10.1. The van der Waals surface area contributed by atoms with E-state index >= 15 is 0 Å². The van der Waals surface area contributed by atoms with E-state index in [1.807, 2.05) is 24.3 Å². The van der Waals surface area contributed by atoms with Gasteiger partial charge >= 0.3 is 0 Å². The molecule has 0 saturated heterocycles. The second-order valence-electron chi connectivity index (χ2n) is 4.80. The average molecular weight is 286 g/mol. The van der Waals surface area contributed by atoms with Gasteiger partial charge in [0.25, 0.3) is 5.91 Å². The van der Waals surface area contributed by atoms with Crippen molar-refractivity contribution in [2.45, 2.75) is 19.1 Å². The largest absolute Gasteiger partial charge is 0.480 e. The highest BCUT2D eigenvalue weighted by Gasteiger charge is 2.28. The monoisotopic (exact) mass is 286 g/mol. The number of carbonyl (C=O) groups is 2. The Labute approximate surface area is 120 Å². The number of para-hydroxylation sites is 1. The van der Waals surface area contributed by atoms with Gasteiger partial charge in [-0.05, 0) is 11.6 Å². The number of rotatable bonds is 4. The number of hydrogen-bond acceptors (Lipinski definition) is 4. The van der Waals surface area contributed by atoms with Gasteiger partial charge in [-0.3, -0.25) is 14.3 Å². The minimum absolute atomic E-state index is 0.0265. The normalized spacial score (nSPS) is 16.1. The van der Waals surface area contributed by atoms with Gasteiger partial charge in [-0.25, -0.2) is 0 Å². The summed E-state index contributed by atoms with van der Waals surface area (Å²) in [4.78, 5) is 22.9. The number of fused-ring (bicyclic) bond motifs is 1. The number of hydrogen-bond donors (Lipinski definition) is 2. The fraction of sp³-hybridized carbons (Fsp3) is 0.214. The molecule has 1 unspecified atom stereocenters. The molecule has 3 N–H and O–H groups in total. The van der Waals surface area contributed by atoms with Gasteiger partial charge in [0.15, 0.2) is 6.10 Å². The van der Waals surface area contributed by atoms with Crippen LogP contribution >= 0.6 is 0 Å². The van der Waals surface area contributed by atoms with Crippen LogP contribution in [-0.4, -0.2) is 27.7 Å². The van der Waals surface area contributed by atoms with Crippen molar-refractivity contribution in [2.24, 2.45) is 5.73 Å². The Hall–Kier alpha value is -2.83. The van der Waals surface area contributed by atoms with Crippen molar-refractivity contribution in [2.75, 3.05) is 5.32 Å². The number of benzene rings is 1. The van der Waals surface area contributed by atoms with Gasteiger partial charge in [-0.2, -0.15) is 5.10 Å². The summed E-state index contributed by atoms with van der Waals surface area (Å²) in [6, 6.07) is 7.56. The number of nitrogens with one attached hydrogen (secondary N) is 1. The molecule has 0 spiro atoms. The van der Waals surface area contributed by atoms with Crippen LogP contribution in [-0.2, 0) is 22.6 Å². The van der Waals surface area contributed by atoms with Crippen LogP contribution in [0.3, 0.4) is 0 Å². The lowest BCUT2D eigenvalue weighted by Gasteiger charge is -2.09. The molecule has 0 fully saturated rings. The van der Waals surface area contributed by atoms with Crippen molar-refractivity contribution in [3.63, 3.8) is 0 Å². The summed E-state index contributed by atoms with van der Waals surface area (Å²) in [6.07, 6.45) is 2.99. The molecule has 7 heteroatoms. The summed E-state index contributed by atoms with van der Waals surface area (Å²) in [5.74, 6) is -0.00236. The van der Waals surface area contributed by atoms with Crippen molar-refractivity contribution in [1.29, 1.82) is 0 Å². The average Bonchev–Trinajstić information content (AvgIpc) is 3.04. The maximum absolute atomic E-state index is 12.1. The minimum Gasteiger partial charge on any atom is -0.480 e. The molecule has 1 aliphatic heterocycles. The zero-order valence-electron chi connectivity index (χ0n) is 11.2. The van der Waals surface area contributed by atoms with E-state index in [1.54, 1.807) is 6.20 Å². The molecule has 0 saturated carbocycles. The summed E-state index contributed by atoms with van der Waals surface area (Å²) in [7, 11) is 0. The lowest BCUT2D eigenvalue weighted by Crippen LogP contribution is -2.31. The van der Waals surface area contributed by atoms with Crippen LogP contribution in [0.15, 0.2) is 36.7 Å². The third kappa shape index (κ3) is 2.86. The number of aromatic nitrogens is 2. The molecule has 0 bridgehead atoms. The molecule has 3 rings (SSSR count). The number of primary amides is 1. The molecule has 1 aromatic carbocycles. The molecule has 2 aromatic rings. The molecule has 21 heavy (non-hydrogen) atoms.